The number of nitrogens with zero attached hydrogens (tertiary/aromatic N) is 2. The number of ether oxygens (including phenoxy) is 1. The second kappa shape index (κ2) is 8.10. The molecule has 21 heavy (non-hydrogen) atoms. The Hall–Kier alpha value is -1.46. The van der Waals surface area contributed by atoms with Gasteiger partial charge in [0.05, 0.1) is 19.9 Å². The van der Waals surface area contributed by atoms with E-state index in [1.165, 1.54) is 5.70 Å². The Kier molecular flexibility index (Phi) is 6.78. The molecule has 1 fully saturated rings. The Morgan fingerprint density at radius 2 is 1.95 bits per heavy atom. The SMILES string of the molecule is C.COC1=C(N)CC=CC(N2CCC(N(C)OC)CC2)=C1. The van der Waals surface area contributed by atoms with E-state index < -0.39 is 0 Å². The van der Waals surface area contributed by atoms with Crippen molar-refractivity contribution in [2.24, 2.45) is 5.73 Å². The van der Waals surface area contributed by atoms with Crippen LogP contribution in [0.3, 0.4) is 0 Å². The maximum atomic E-state index is 5.98. The van der Waals surface area contributed by atoms with Gasteiger partial charge < -0.3 is 20.2 Å². The highest BCUT2D eigenvalue weighted by Crippen LogP contribution is 2.23. The molecule has 5 heteroatoms. The predicted octanol–water partition coefficient (Wildman–Crippen LogP) is 2.24. The zero-order valence-electron chi connectivity index (χ0n) is 12.6. The first-order valence-electron chi connectivity index (χ1n) is 7.08. The number of hydrogen-bond acceptors (Lipinski definition) is 5. The minimum atomic E-state index is 0. The van der Waals surface area contributed by atoms with Crippen LogP contribution in [0.2, 0.25) is 0 Å². The molecule has 0 atom stereocenters. The van der Waals surface area contributed by atoms with E-state index in [1.54, 1.807) is 14.2 Å². The first-order chi connectivity index (χ1) is 9.65. The molecule has 0 aromatic rings. The number of nitrogens with two attached hydrogens (primary N) is 1. The average Bonchev–Trinajstić information content (AvgIpc) is 2.68. The summed E-state index contributed by atoms with van der Waals surface area (Å²) in [7, 11) is 5.39. The zero-order valence-corrected chi connectivity index (χ0v) is 12.6. The summed E-state index contributed by atoms with van der Waals surface area (Å²) in [5, 5.41) is 1.95. The van der Waals surface area contributed by atoms with E-state index >= 15 is 0 Å². The van der Waals surface area contributed by atoms with Crippen LogP contribution in [0.5, 0.6) is 0 Å². The summed E-state index contributed by atoms with van der Waals surface area (Å²) >= 11 is 0. The normalized spacial score (nSPS) is 20.2. The van der Waals surface area contributed by atoms with Gasteiger partial charge in [-0.3, -0.25) is 0 Å². The van der Waals surface area contributed by atoms with E-state index in [1.807, 2.05) is 18.2 Å². The third-order valence-corrected chi connectivity index (χ3v) is 4.07. The molecular formula is C16H29N3O2. The molecule has 1 aliphatic heterocycles. The first-order valence-corrected chi connectivity index (χ1v) is 7.08. The van der Waals surface area contributed by atoms with Crippen LogP contribution in [0.15, 0.2) is 35.4 Å². The van der Waals surface area contributed by atoms with Crippen LogP contribution in [0.1, 0.15) is 26.7 Å². The third-order valence-electron chi connectivity index (χ3n) is 4.07. The third kappa shape index (κ3) is 4.25. The minimum absolute atomic E-state index is 0. The molecular weight excluding hydrogens is 266 g/mol. The van der Waals surface area contributed by atoms with Crippen molar-refractivity contribution in [2.45, 2.75) is 32.7 Å². The molecule has 0 amide bonds. The summed E-state index contributed by atoms with van der Waals surface area (Å²) in [5.74, 6) is 0.779. The van der Waals surface area contributed by atoms with Crippen molar-refractivity contribution >= 4 is 0 Å². The molecule has 0 saturated carbocycles. The van der Waals surface area contributed by atoms with Crippen molar-refractivity contribution in [3.63, 3.8) is 0 Å². The molecule has 0 bridgehead atoms. The number of allylic oxidation sites excluding steroid dienone is 3. The van der Waals surface area contributed by atoms with Crippen LogP contribution in [-0.4, -0.2) is 50.4 Å². The zero-order chi connectivity index (χ0) is 14.5. The minimum Gasteiger partial charge on any atom is -0.495 e. The summed E-state index contributed by atoms with van der Waals surface area (Å²) in [6.45, 7) is 2.04. The van der Waals surface area contributed by atoms with Crippen LogP contribution < -0.4 is 5.73 Å². The van der Waals surface area contributed by atoms with Crippen molar-refractivity contribution in [2.75, 3.05) is 34.4 Å². The molecule has 2 N–H and O–H groups in total. The van der Waals surface area contributed by atoms with Crippen molar-refractivity contribution in [3.8, 4) is 0 Å². The standard InChI is InChI=1S/C15H25N3O2.CH4/c1-17(20-3)12-7-9-18(10-8-12)13-5-4-6-14(16)15(11-13)19-2;/h4-5,11-12H,6-10,16H2,1-3H3;1H4. The molecule has 1 saturated heterocycles. The summed E-state index contributed by atoms with van der Waals surface area (Å²) in [6.07, 6.45) is 9.21. The van der Waals surface area contributed by atoms with Gasteiger partial charge in [0, 0.05) is 44.4 Å². The second-order valence-corrected chi connectivity index (χ2v) is 5.22. The number of hydrogen-bond donors (Lipinski definition) is 1. The monoisotopic (exact) mass is 295 g/mol. The number of likely N-dealkylation sites (tertiary alicyclic amines) is 1. The van der Waals surface area contributed by atoms with E-state index in [-0.39, 0.29) is 7.43 Å². The number of rotatable bonds is 4. The second-order valence-electron chi connectivity index (χ2n) is 5.22. The molecule has 0 aromatic heterocycles. The van der Waals surface area contributed by atoms with E-state index in [0.717, 1.165) is 43.8 Å². The Labute approximate surface area is 128 Å². The Morgan fingerprint density at radius 1 is 1.29 bits per heavy atom. The van der Waals surface area contributed by atoms with E-state index in [2.05, 4.69) is 17.1 Å². The van der Waals surface area contributed by atoms with Crippen LogP contribution in [-0.2, 0) is 9.57 Å². The van der Waals surface area contributed by atoms with Gasteiger partial charge in [-0.05, 0) is 18.9 Å². The molecule has 0 aromatic carbocycles. The smallest absolute Gasteiger partial charge is 0.139 e. The molecule has 2 aliphatic rings. The topological polar surface area (TPSA) is 51.0 Å². The summed E-state index contributed by atoms with van der Waals surface area (Å²) in [5.41, 5.74) is 7.94. The summed E-state index contributed by atoms with van der Waals surface area (Å²) < 4.78 is 5.36. The fourth-order valence-electron chi connectivity index (χ4n) is 2.71. The lowest BCUT2D eigenvalue weighted by Crippen LogP contribution is -2.42. The lowest BCUT2D eigenvalue weighted by molar-refractivity contribution is -0.149. The molecule has 0 radical (unpaired) electrons. The van der Waals surface area contributed by atoms with Crippen LogP contribution in [0, 0.1) is 0 Å². The van der Waals surface area contributed by atoms with Gasteiger partial charge >= 0.3 is 0 Å². The van der Waals surface area contributed by atoms with Gasteiger partial charge in [0.15, 0.2) is 0 Å². The molecule has 1 aliphatic carbocycles. The molecule has 5 nitrogen and oxygen atoms in total. The molecule has 0 spiro atoms. The first kappa shape index (κ1) is 17.6. The van der Waals surface area contributed by atoms with E-state index in [4.69, 9.17) is 15.3 Å². The van der Waals surface area contributed by atoms with Crippen molar-refractivity contribution in [1.29, 1.82) is 0 Å². The van der Waals surface area contributed by atoms with Crippen molar-refractivity contribution in [3.05, 3.63) is 35.4 Å². The summed E-state index contributed by atoms with van der Waals surface area (Å²) in [4.78, 5) is 7.66. The summed E-state index contributed by atoms with van der Waals surface area (Å²) in [6, 6.07) is 0.495. The molecule has 1 heterocycles. The van der Waals surface area contributed by atoms with Crippen LogP contribution in [0.4, 0.5) is 0 Å². The van der Waals surface area contributed by atoms with E-state index in [9.17, 15) is 0 Å². The van der Waals surface area contributed by atoms with Crippen LogP contribution in [0.25, 0.3) is 0 Å². The number of methoxy groups -OCH3 is 1. The Morgan fingerprint density at radius 3 is 2.52 bits per heavy atom. The van der Waals surface area contributed by atoms with Gasteiger partial charge in [0.25, 0.3) is 0 Å². The van der Waals surface area contributed by atoms with Gasteiger partial charge in [0.1, 0.15) is 5.76 Å². The highest BCUT2D eigenvalue weighted by Gasteiger charge is 2.23. The molecule has 120 valence electrons. The van der Waals surface area contributed by atoms with Gasteiger partial charge in [0.2, 0.25) is 0 Å². The van der Waals surface area contributed by atoms with Gasteiger partial charge in [-0.1, -0.05) is 13.5 Å². The fraction of sp³-hybridized carbons (Fsp3) is 0.625. The molecule has 0 unspecified atom stereocenters. The highest BCUT2D eigenvalue weighted by atomic mass is 16.7. The average molecular weight is 295 g/mol. The largest absolute Gasteiger partial charge is 0.495 e. The maximum absolute atomic E-state index is 5.98. The van der Waals surface area contributed by atoms with Crippen molar-refractivity contribution in [1.82, 2.24) is 9.96 Å². The van der Waals surface area contributed by atoms with E-state index in [0.29, 0.717) is 6.04 Å². The molecule has 2 rings (SSSR count). The Bertz CT molecular complexity index is 421. The number of piperidine rings is 1. The van der Waals surface area contributed by atoms with Gasteiger partial charge in [-0.25, -0.2) is 0 Å². The maximum Gasteiger partial charge on any atom is 0.139 e. The quantitative estimate of drug-likeness (QED) is 0.806. The lowest BCUT2D eigenvalue weighted by Gasteiger charge is -2.37. The number of hydroxylamine groups is 2. The van der Waals surface area contributed by atoms with Gasteiger partial charge in [-0.15, -0.1) is 0 Å². The van der Waals surface area contributed by atoms with Gasteiger partial charge in [-0.2, -0.15) is 5.06 Å². The van der Waals surface area contributed by atoms with Crippen molar-refractivity contribution < 1.29 is 9.57 Å². The lowest BCUT2D eigenvalue weighted by atomic mass is 10.0. The Balaban J connectivity index is 0.00000220. The highest BCUT2D eigenvalue weighted by molar-refractivity contribution is 5.33. The van der Waals surface area contributed by atoms with Crippen LogP contribution >= 0.6 is 0 Å². The predicted molar refractivity (Wildman–Crippen MR) is 86.2 cm³/mol. The fourth-order valence-corrected chi connectivity index (χ4v) is 2.71.